The van der Waals surface area contributed by atoms with Crippen molar-refractivity contribution in [3.63, 3.8) is 0 Å². The van der Waals surface area contributed by atoms with Crippen LogP contribution in [0.4, 0.5) is 0 Å². The number of fused-ring (bicyclic) bond motifs is 5. The van der Waals surface area contributed by atoms with Gasteiger partial charge in [0, 0.05) is 25.4 Å². The van der Waals surface area contributed by atoms with Gasteiger partial charge in [0.2, 0.25) is 5.91 Å². The SMILES string of the molecule is C[C@H](CCC(=O)N1CCC[C@@H](c2ccccc2)C1)[C@H]1CC[C@H]2[C@@H]3CC=C4C[C@@H](O)CC[C@]4(C)[C@H]3CC[C@]12C. The van der Waals surface area contributed by atoms with E-state index in [1.807, 2.05) is 0 Å². The number of aliphatic hydroxyl groups excluding tert-OH is 1. The monoisotopic (exact) mass is 517 g/mol. The molecule has 1 aromatic rings. The Kier molecular flexibility index (Phi) is 7.29. The van der Waals surface area contributed by atoms with Gasteiger partial charge in [-0.1, -0.05) is 62.8 Å². The number of hydrogen-bond donors (Lipinski definition) is 1. The minimum Gasteiger partial charge on any atom is -0.393 e. The molecule has 3 nitrogen and oxygen atoms in total. The predicted octanol–water partition coefficient (Wildman–Crippen LogP) is 7.75. The van der Waals surface area contributed by atoms with E-state index in [4.69, 9.17) is 0 Å². The van der Waals surface area contributed by atoms with Crippen LogP contribution in [0.1, 0.15) is 109 Å². The summed E-state index contributed by atoms with van der Waals surface area (Å²) in [6.45, 7) is 9.46. The summed E-state index contributed by atoms with van der Waals surface area (Å²) in [6.07, 6.45) is 16.3. The molecule has 0 unspecified atom stereocenters. The Morgan fingerprint density at radius 3 is 2.68 bits per heavy atom. The molecule has 1 amide bonds. The van der Waals surface area contributed by atoms with E-state index in [1.165, 1.54) is 50.5 Å². The lowest BCUT2D eigenvalue weighted by Crippen LogP contribution is -2.50. The number of amides is 1. The number of carbonyl (C=O) groups excluding carboxylic acids is 1. The summed E-state index contributed by atoms with van der Waals surface area (Å²) in [5, 5.41) is 10.3. The molecule has 1 saturated heterocycles. The second-order valence-corrected chi connectivity index (χ2v) is 14.5. The molecule has 0 aromatic heterocycles. The first-order valence-electron chi connectivity index (χ1n) is 16.0. The highest BCUT2D eigenvalue weighted by Gasteiger charge is 2.59. The zero-order chi connectivity index (χ0) is 26.5. The van der Waals surface area contributed by atoms with Crippen molar-refractivity contribution in [1.29, 1.82) is 0 Å². The number of nitrogens with zero attached hydrogens (tertiary/aromatic N) is 1. The zero-order valence-electron chi connectivity index (χ0n) is 24.2. The quantitative estimate of drug-likeness (QED) is 0.406. The molecule has 38 heavy (non-hydrogen) atoms. The highest BCUT2D eigenvalue weighted by Crippen LogP contribution is 2.67. The molecule has 9 atom stereocenters. The molecule has 1 aromatic carbocycles. The molecule has 0 bridgehead atoms. The minimum atomic E-state index is -0.117. The second kappa shape index (κ2) is 10.4. The molecule has 4 fully saturated rings. The van der Waals surface area contributed by atoms with E-state index in [0.29, 0.717) is 28.6 Å². The molecule has 1 heterocycles. The van der Waals surface area contributed by atoms with Crippen molar-refractivity contribution in [2.45, 2.75) is 110 Å². The van der Waals surface area contributed by atoms with Crippen molar-refractivity contribution < 1.29 is 9.90 Å². The molecule has 0 spiro atoms. The van der Waals surface area contributed by atoms with E-state index < -0.39 is 0 Å². The van der Waals surface area contributed by atoms with Gasteiger partial charge in [0.1, 0.15) is 0 Å². The standard InChI is InChI=1S/C35H51NO2/c1-24(11-16-33(38)36-21-7-10-26(23-36)25-8-5-4-6-9-25)30-14-15-31-29-13-12-27-22-28(37)17-19-34(27,2)32(29)18-20-35(30,31)3/h4-6,8-9,12,24,26,28-32,37H,7,10-11,13-23H2,1-3H3/t24-,26-,28+,29+,30-,31+,32+,34+,35-/m1/s1. The van der Waals surface area contributed by atoms with Crippen molar-refractivity contribution >= 4 is 5.91 Å². The zero-order valence-corrected chi connectivity index (χ0v) is 24.2. The van der Waals surface area contributed by atoms with E-state index in [1.54, 1.807) is 5.57 Å². The number of piperidine rings is 1. The number of hydrogen-bond acceptors (Lipinski definition) is 2. The van der Waals surface area contributed by atoms with E-state index >= 15 is 0 Å². The van der Waals surface area contributed by atoms with Crippen molar-refractivity contribution in [2.75, 3.05) is 13.1 Å². The van der Waals surface area contributed by atoms with Crippen molar-refractivity contribution in [3.05, 3.63) is 47.5 Å². The van der Waals surface area contributed by atoms with Gasteiger partial charge in [-0.05, 0) is 117 Å². The van der Waals surface area contributed by atoms with Crippen LogP contribution in [0.15, 0.2) is 42.0 Å². The number of aliphatic hydroxyl groups is 1. The molecule has 3 heteroatoms. The Labute approximate surface area is 231 Å². The van der Waals surface area contributed by atoms with Crippen LogP contribution in [-0.2, 0) is 4.79 Å². The number of carbonyl (C=O) groups is 1. The van der Waals surface area contributed by atoms with Crippen LogP contribution in [0.25, 0.3) is 0 Å². The Balaban J connectivity index is 1.07. The molecule has 3 saturated carbocycles. The number of likely N-dealkylation sites (tertiary alicyclic amines) is 1. The first-order valence-corrected chi connectivity index (χ1v) is 16.0. The number of benzene rings is 1. The summed E-state index contributed by atoms with van der Waals surface area (Å²) in [7, 11) is 0. The summed E-state index contributed by atoms with van der Waals surface area (Å²) < 4.78 is 0. The highest BCUT2D eigenvalue weighted by molar-refractivity contribution is 5.76. The van der Waals surface area contributed by atoms with Crippen LogP contribution >= 0.6 is 0 Å². The molecular weight excluding hydrogens is 466 g/mol. The van der Waals surface area contributed by atoms with Crippen LogP contribution in [0.5, 0.6) is 0 Å². The van der Waals surface area contributed by atoms with Gasteiger partial charge in [0.25, 0.3) is 0 Å². The molecule has 1 aliphatic heterocycles. The largest absolute Gasteiger partial charge is 0.393 e. The molecule has 4 aliphatic carbocycles. The molecule has 6 rings (SSSR count). The van der Waals surface area contributed by atoms with Gasteiger partial charge in [0.15, 0.2) is 0 Å². The summed E-state index contributed by atoms with van der Waals surface area (Å²) >= 11 is 0. The fourth-order valence-corrected chi connectivity index (χ4v) is 10.5. The smallest absolute Gasteiger partial charge is 0.222 e. The third-order valence-corrected chi connectivity index (χ3v) is 12.7. The topological polar surface area (TPSA) is 40.5 Å². The maximum atomic E-state index is 13.3. The highest BCUT2D eigenvalue weighted by atomic mass is 16.3. The maximum absolute atomic E-state index is 13.3. The lowest BCUT2D eigenvalue weighted by molar-refractivity contribution is -0.133. The minimum absolute atomic E-state index is 0.117. The van der Waals surface area contributed by atoms with Crippen LogP contribution < -0.4 is 0 Å². The predicted molar refractivity (Wildman–Crippen MR) is 155 cm³/mol. The molecule has 5 aliphatic rings. The molecule has 1 N–H and O–H groups in total. The van der Waals surface area contributed by atoms with Gasteiger partial charge in [0.05, 0.1) is 6.10 Å². The number of rotatable bonds is 5. The van der Waals surface area contributed by atoms with Gasteiger partial charge >= 0.3 is 0 Å². The fourth-order valence-electron chi connectivity index (χ4n) is 10.5. The van der Waals surface area contributed by atoms with E-state index in [-0.39, 0.29) is 6.10 Å². The van der Waals surface area contributed by atoms with Crippen LogP contribution in [-0.4, -0.2) is 35.1 Å². The average Bonchev–Trinajstić information content (AvgIpc) is 3.30. The first-order chi connectivity index (χ1) is 18.3. The lowest BCUT2D eigenvalue weighted by Gasteiger charge is -2.58. The normalized spacial score (nSPS) is 41.5. The Morgan fingerprint density at radius 2 is 1.87 bits per heavy atom. The summed E-state index contributed by atoms with van der Waals surface area (Å²) in [5.41, 5.74) is 3.73. The average molecular weight is 518 g/mol. The summed E-state index contributed by atoms with van der Waals surface area (Å²) in [4.78, 5) is 15.5. The van der Waals surface area contributed by atoms with Gasteiger partial charge in [-0.15, -0.1) is 0 Å². The Hall–Kier alpha value is -1.61. The van der Waals surface area contributed by atoms with Gasteiger partial charge in [-0.2, -0.15) is 0 Å². The van der Waals surface area contributed by atoms with Gasteiger partial charge in [-0.3, -0.25) is 4.79 Å². The van der Waals surface area contributed by atoms with Crippen molar-refractivity contribution in [1.82, 2.24) is 4.90 Å². The van der Waals surface area contributed by atoms with Crippen molar-refractivity contribution in [3.8, 4) is 0 Å². The Bertz CT molecular complexity index is 1030. The molecular formula is C35H51NO2. The maximum Gasteiger partial charge on any atom is 0.222 e. The summed E-state index contributed by atoms with van der Waals surface area (Å²) in [6, 6.07) is 10.8. The third kappa shape index (κ3) is 4.59. The van der Waals surface area contributed by atoms with Crippen LogP contribution in [0.2, 0.25) is 0 Å². The third-order valence-electron chi connectivity index (χ3n) is 12.7. The van der Waals surface area contributed by atoms with Gasteiger partial charge in [-0.25, -0.2) is 0 Å². The van der Waals surface area contributed by atoms with E-state index in [2.05, 4.69) is 62.1 Å². The van der Waals surface area contributed by atoms with Crippen molar-refractivity contribution in [2.24, 2.45) is 40.4 Å². The Morgan fingerprint density at radius 1 is 1.05 bits per heavy atom. The first kappa shape index (κ1) is 26.6. The van der Waals surface area contributed by atoms with Gasteiger partial charge < -0.3 is 10.0 Å². The van der Waals surface area contributed by atoms with E-state index in [9.17, 15) is 9.90 Å². The van der Waals surface area contributed by atoms with E-state index in [0.717, 1.165) is 68.9 Å². The second-order valence-electron chi connectivity index (χ2n) is 14.5. The van der Waals surface area contributed by atoms with Crippen LogP contribution in [0.3, 0.4) is 0 Å². The lowest BCUT2D eigenvalue weighted by atomic mass is 9.47. The van der Waals surface area contributed by atoms with Crippen LogP contribution in [0, 0.1) is 40.4 Å². The number of allylic oxidation sites excluding steroid dienone is 1. The molecule has 208 valence electrons. The molecule has 0 radical (unpaired) electrons. The fraction of sp³-hybridized carbons (Fsp3) is 0.743. The summed E-state index contributed by atoms with van der Waals surface area (Å²) in [5.74, 6) is 4.72.